The second-order valence-electron chi connectivity index (χ2n) is 5.08. The number of hydrogen-bond donors (Lipinski definition) is 1. The molecule has 1 N–H and O–H groups in total. The fraction of sp³-hybridized carbons (Fsp3) is 0.600. The van der Waals surface area contributed by atoms with E-state index in [0.29, 0.717) is 12.1 Å². The van der Waals surface area contributed by atoms with Crippen molar-refractivity contribution in [3.05, 3.63) is 35.6 Å². The average molecular weight is 316 g/mol. The van der Waals surface area contributed by atoms with Crippen LogP contribution in [0.3, 0.4) is 0 Å². The third-order valence-electron chi connectivity index (χ3n) is 3.63. The number of halogens is 1. The van der Waals surface area contributed by atoms with Crippen LogP contribution in [0.15, 0.2) is 24.3 Å². The molecule has 1 aromatic carbocycles. The number of likely N-dealkylation sites (N-methyl/N-ethyl adjacent to an activating group) is 1. The zero-order valence-electron chi connectivity index (χ0n) is 13.0. The summed E-state index contributed by atoms with van der Waals surface area (Å²) in [6.45, 7) is 8.23. The van der Waals surface area contributed by atoms with E-state index in [1.165, 1.54) is 6.07 Å². The Labute approximate surface area is 127 Å². The van der Waals surface area contributed by atoms with Gasteiger partial charge in [0.15, 0.2) is 0 Å². The minimum Gasteiger partial charge on any atom is -0.300 e. The molecule has 1 aromatic rings. The fourth-order valence-corrected chi connectivity index (χ4v) is 3.37. The molecule has 0 aliphatic carbocycles. The molecule has 0 amide bonds. The van der Waals surface area contributed by atoms with Crippen molar-refractivity contribution in [2.24, 2.45) is 0 Å². The molecule has 4 nitrogen and oxygen atoms in total. The van der Waals surface area contributed by atoms with Crippen LogP contribution in [-0.4, -0.2) is 44.7 Å². The number of benzene rings is 1. The molecule has 1 atom stereocenters. The van der Waals surface area contributed by atoms with E-state index in [4.69, 9.17) is 0 Å². The van der Waals surface area contributed by atoms with Gasteiger partial charge in [0.25, 0.3) is 0 Å². The Hall–Kier alpha value is -0.980. The minimum atomic E-state index is -3.38. The molecule has 0 heterocycles. The first-order valence-electron chi connectivity index (χ1n) is 7.34. The highest BCUT2D eigenvalue weighted by atomic mass is 32.2. The lowest BCUT2D eigenvalue weighted by Gasteiger charge is -2.26. The molecule has 0 spiro atoms. The van der Waals surface area contributed by atoms with Crippen LogP contribution in [0, 0.1) is 5.82 Å². The molecule has 0 radical (unpaired) electrons. The summed E-state index contributed by atoms with van der Waals surface area (Å²) in [6.07, 6.45) is 0.182. The van der Waals surface area contributed by atoms with E-state index in [1.807, 2.05) is 20.8 Å². The molecule has 0 aliphatic heterocycles. The standard InChI is InChI=1S/C15H25FN2O2S/c1-4-18(5-2)13(3)12-17-21(19,20)11-10-14-8-6-7-9-15(14)16/h6-9,13,17H,4-5,10-12H2,1-3H3. The molecule has 1 unspecified atom stereocenters. The lowest BCUT2D eigenvalue weighted by molar-refractivity contribution is 0.232. The van der Waals surface area contributed by atoms with Gasteiger partial charge in [0.2, 0.25) is 10.0 Å². The van der Waals surface area contributed by atoms with Gasteiger partial charge in [0, 0.05) is 12.6 Å². The van der Waals surface area contributed by atoms with Crippen LogP contribution in [0.4, 0.5) is 4.39 Å². The summed E-state index contributed by atoms with van der Waals surface area (Å²) >= 11 is 0. The van der Waals surface area contributed by atoms with Gasteiger partial charge < -0.3 is 0 Å². The Morgan fingerprint density at radius 1 is 1.24 bits per heavy atom. The molecule has 21 heavy (non-hydrogen) atoms. The van der Waals surface area contributed by atoms with E-state index in [9.17, 15) is 12.8 Å². The molecule has 0 aromatic heterocycles. The first kappa shape index (κ1) is 18.1. The van der Waals surface area contributed by atoms with E-state index in [1.54, 1.807) is 18.2 Å². The van der Waals surface area contributed by atoms with Crippen molar-refractivity contribution < 1.29 is 12.8 Å². The molecule has 0 bridgehead atoms. The minimum absolute atomic E-state index is 0.0983. The third kappa shape index (κ3) is 6.11. The summed E-state index contributed by atoms with van der Waals surface area (Å²) < 4.78 is 40.0. The summed E-state index contributed by atoms with van der Waals surface area (Å²) in [5.41, 5.74) is 0.430. The second kappa shape index (κ2) is 8.46. The molecule has 6 heteroatoms. The Kier molecular flexibility index (Phi) is 7.28. The van der Waals surface area contributed by atoms with Crippen molar-refractivity contribution in [2.75, 3.05) is 25.4 Å². The fourth-order valence-electron chi connectivity index (χ4n) is 2.24. The summed E-state index contributed by atoms with van der Waals surface area (Å²) in [5.74, 6) is -0.456. The van der Waals surface area contributed by atoms with Gasteiger partial charge in [0.05, 0.1) is 5.75 Å². The van der Waals surface area contributed by atoms with Gasteiger partial charge in [-0.15, -0.1) is 0 Å². The molecule has 0 saturated heterocycles. The number of hydrogen-bond acceptors (Lipinski definition) is 3. The largest absolute Gasteiger partial charge is 0.300 e. The molecule has 0 saturated carbocycles. The Bertz CT molecular complexity index is 530. The van der Waals surface area contributed by atoms with Crippen LogP contribution in [0.1, 0.15) is 26.3 Å². The van der Waals surface area contributed by atoms with Crippen molar-refractivity contribution in [1.82, 2.24) is 9.62 Å². The van der Waals surface area contributed by atoms with Gasteiger partial charge in [-0.1, -0.05) is 32.0 Å². The summed E-state index contributed by atoms with van der Waals surface area (Å²) in [6, 6.07) is 6.41. The highest BCUT2D eigenvalue weighted by Crippen LogP contribution is 2.08. The maximum Gasteiger partial charge on any atom is 0.211 e. The molecule has 0 aliphatic rings. The topological polar surface area (TPSA) is 49.4 Å². The van der Waals surface area contributed by atoms with Crippen LogP contribution in [0.2, 0.25) is 0 Å². The SMILES string of the molecule is CCN(CC)C(C)CNS(=O)(=O)CCc1ccccc1F. The maximum absolute atomic E-state index is 13.5. The third-order valence-corrected chi connectivity index (χ3v) is 4.98. The molecular weight excluding hydrogens is 291 g/mol. The van der Waals surface area contributed by atoms with Crippen LogP contribution in [0.5, 0.6) is 0 Å². The predicted molar refractivity (Wildman–Crippen MR) is 84.3 cm³/mol. The number of nitrogens with one attached hydrogen (secondary N) is 1. The van der Waals surface area contributed by atoms with E-state index in [0.717, 1.165) is 13.1 Å². The normalized spacial score (nSPS) is 13.6. The number of aryl methyl sites for hydroxylation is 1. The number of nitrogens with zero attached hydrogens (tertiary/aromatic N) is 1. The molecule has 120 valence electrons. The van der Waals surface area contributed by atoms with E-state index in [-0.39, 0.29) is 24.0 Å². The van der Waals surface area contributed by atoms with Gasteiger partial charge in [-0.05, 0) is 38.1 Å². The van der Waals surface area contributed by atoms with Crippen LogP contribution < -0.4 is 4.72 Å². The number of rotatable bonds is 9. The lowest BCUT2D eigenvalue weighted by Crippen LogP contribution is -2.42. The quantitative estimate of drug-likeness (QED) is 0.758. The Morgan fingerprint density at radius 3 is 2.43 bits per heavy atom. The lowest BCUT2D eigenvalue weighted by atomic mass is 10.2. The monoisotopic (exact) mass is 316 g/mol. The Balaban J connectivity index is 2.49. The van der Waals surface area contributed by atoms with Crippen LogP contribution in [0.25, 0.3) is 0 Å². The first-order chi connectivity index (χ1) is 9.89. The van der Waals surface area contributed by atoms with E-state index < -0.39 is 10.0 Å². The number of sulfonamides is 1. The van der Waals surface area contributed by atoms with Crippen molar-refractivity contribution in [3.8, 4) is 0 Å². The smallest absolute Gasteiger partial charge is 0.211 e. The van der Waals surface area contributed by atoms with Gasteiger partial charge in [-0.25, -0.2) is 17.5 Å². The van der Waals surface area contributed by atoms with Crippen molar-refractivity contribution in [3.63, 3.8) is 0 Å². The zero-order chi connectivity index (χ0) is 15.9. The molecule has 1 rings (SSSR count). The zero-order valence-corrected chi connectivity index (χ0v) is 13.8. The highest BCUT2D eigenvalue weighted by Gasteiger charge is 2.16. The second-order valence-corrected chi connectivity index (χ2v) is 7.01. The highest BCUT2D eigenvalue weighted by molar-refractivity contribution is 7.89. The van der Waals surface area contributed by atoms with E-state index >= 15 is 0 Å². The van der Waals surface area contributed by atoms with Gasteiger partial charge in [-0.2, -0.15) is 0 Å². The summed E-state index contributed by atoms with van der Waals surface area (Å²) in [4.78, 5) is 2.18. The van der Waals surface area contributed by atoms with Crippen LogP contribution >= 0.6 is 0 Å². The maximum atomic E-state index is 13.5. The molecular formula is C15H25FN2O2S. The summed E-state index contributed by atoms with van der Waals surface area (Å²) in [5, 5.41) is 0. The average Bonchev–Trinajstić information content (AvgIpc) is 2.46. The summed E-state index contributed by atoms with van der Waals surface area (Å²) in [7, 11) is -3.38. The van der Waals surface area contributed by atoms with Gasteiger partial charge in [0.1, 0.15) is 5.82 Å². The van der Waals surface area contributed by atoms with Crippen molar-refractivity contribution >= 4 is 10.0 Å². The first-order valence-corrected chi connectivity index (χ1v) is 8.99. The molecule has 0 fully saturated rings. The Morgan fingerprint density at radius 2 is 1.86 bits per heavy atom. The predicted octanol–water partition coefficient (Wildman–Crippen LogP) is 2.02. The van der Waals surface area contributed by atoms with Gasteiger partial charge >= 0.3 is 0 Å². The van der Waals surface area contributed by atoms with Gasteiger partial charge in [-0.3, -0.25) is 4.90 Å². The van der Waals surface area contributed by atoms with E-state index in [2.05, 4.69) is 9.62 Å². The van der Waals surface area contributed by atoms with Crippen molar-refractivity contribution in [2.45, 2.75) is 33.2 Å². The van der Waals surface area contributed by atoms with Crippen molar-refractivity contribution in [1.29, 1.82) is 0 Å². The van der Waals surface area contributed by atoms with Crippen LogP contribution in [-0.2, 0) is 16.4 Å².